The fraction of sp³-hybridized carbons (Fsp3) is 0.394. The monoisotopic (exact) mass is 590 g/mol. The third-order valence-corrected chi connectivity index (χ3v) is 9.39. The van der Waals surface area contributed by atoms with E-state index in [9.17, 15) is 14.7 Å². The molecule has 0 aromatic heterocycles. The first-order chi connectivity index (χ1) is 20.2. The number of quaternary nitrogens is 1. The minimum absolute atomic E-state index is 0.107. The van der Waals surface area contributed by atoms with Crippen LogP contribution in [-0.2, 0) is 27.3 Å². The van der Waals surface area contributed by atoms with Crippen LogP contribution in [0.3, 0.4) is 0 Å². The van der Waals surface area contributed by atoms with Crippen molar-refractivity contribution in [2.45, 2.75) is 69.1 Å². The van der Waals surface area contributed by atoms with E-state index in [0.29, 0.717) is 65.5 Å². The minimum atomic E-state index is -0.437. The number of amides is 2. The lowest BCUT2D eigenvalue weighted by atomic mass is 9.96. The maximum Gasteiger partial charge on any atom is 0.411 e. The molecule has 3 saturated heterocycles. The van der Waals surface area contributed by atoms with Crippen molar-refractivity contribution < 1.29 is 28.7 Å². The van der Waals surface area contributed by atoms with E-state index in [4.69, 9.17) is 21.1 Å². The van der Waals surface area contributed by atoms with Gasteiger partial charge in [0.05, 0.1) is 37.1 Å². The summed E-state index contributed by atoms with van der Waals surface area (Å²) in [6, 6.07) is 21.7. The molecule has 9 heteroatoms. The van der Waals surface area contributed by atoms with Crippen LogP contribution in [0.25, 0.3) is 11.1 Å². The van der Waals surface area contributed by atoms with E-state index >= 15 is 0 Å². The van der Waals surface area contributed by atoms with E-state index in [0.717, 1.165) is 34.0 Å². The second kappa shape index (κ2) is 11.7. The highest BCUT2D eigenvalue weighted by molar-refractivity contribution is 6.33. The number of carbonyl (C=O) groups excluding carboxylic acids is 2. The summed E-state index contributed by atoms with van der Waals surface area (Å²) < 4.78 is 12.7. The number of fused-ring (bicyclic) bond motifs is 5. The predicted octanol–water partition coefficient (Wildman–Crippen LogP) is 5.77. The first kappa shape index (κ1) is 28.7. The lowest BCUT2D eigenvalue weighted by Gasteiger charge is -2.45. The molecule has 3 aromatic rings. The Morgan fingerprint density at radius 3 is 2.33 bits per heavy atom. The Hall–Kier alpha value is -3.43. The van der Waals surface area contributed by atoms with Gasteiger partial charge in [0, 0.05) is 24.8 Å². The fourth-order valence-electron chi connectivity index (χ4n) is 6.73. The summed E-state index contributed by atoms with van der Waals surface area (Å²) in [5.41, 5.74) is 4.86. The normalized spacial score (nSPS) is 24.9. The summed E-state index contributed by atoms with van der Waals surface area (Å²) in [4.78, 5) is 25.6. The highest BCUT2D eigenvalue weighted by Gasteiger charge is 2.70. The number of benzene rings is 3. The van der Waals surface area contributed by atoms with E-state index in [1.807, 2.05) is 42.5 Å². The Labute approximate surface area is 251 Å². The summed E-state index contributed by atoms with van der Waals surface area (Å²) in [6.45, 7) is -0.107. The quantitative estimate of drug-likeness (QED) is 0.217. The molecule has 2 amide bonds. The van der Waals surface area contributed by atoms with Crippen molar-refractivity contribution in [3.8, 4) is 11.1 Å². The number of hydrogen-bond donors (Lipinski definition) is 3. The van der Waals surface area contributed by atoms with Crippen LogP contribution < -0.4 is 10.6 Å². The third-order valence-electron chi connectivity index (χ3n) is 9.08. The molecule has 3 aliphatic heterocycles. The van der Waals surface area contributed by atoms with Crippen molar-refractivity contribution >= 4 is 35.0 Å². The van der Waals surface area contributed by atoms with Gasteiger partial charge in [-0.15, -0.1) is 0 Å². The number of aliphatic hydroxyl groups excluding tert-OH is 1. The number of carbonyl (C=O) groups is 2. The lowest BCUT2D eigenvalue weighted by molar-refractivity contribution is -0.938. The molecule has 2 bridgehead atoms. The second-order valence-corrected chi connectivity index (χ2v) is 12.5. The van der Waals surface area contributed by atoms with Gasteiger partial charge in [0.2, 0.25) is 5.91 Å². The number of rotatable bonds is 9. The molecule has 0 radical (unpaired) electrons. The summed E-state index contributed by atoms with van der Waals surface area (Å²) >= 11 is 6.23. The Balaban J connectivity index is 1.08. The predicted molar refractivity (Wildman–Crippen MR) is 162 cm³/mol. The molecule has 3 N–H and O–H groups in total. The molecule has 220 valence electrons. The zero-order valence-corrected chi connectivity index (χ0v) is 24.6. The van der Waals surface area contributed by atoms with Gasteiger partial charge in [-0.1, -0.05) is 54.1 Å². The van der Waals surface area contributed by atoms with Crippen molar-refractivity contribution in [1.82, 2.24) is 0 Å². The number of anilines is 2. The van der Waals surface area contributed by atoms with E-state index in [1.54, 1.807) is 18.2 Å². The highest BCUT2D eigenvalue weighted by Crippen LogP contribution is 2.51. The third kappa shape index (κ3) is 5.90. The number of morpholine rings is 1. The molecule has 3 fully saturated rings. The number of hydrogen-bond acceptors (Lipinski definition) is 5. The van der Waals surface area contributed by atoms with Crippen LogP contribution in [0.15, 0.2) is 66.7 Å². The minimum Gasteiger partial charge on any atom is -0.445 e. The molecule has 5 atom stereocenters. The second-order valence-electron chi connectivity index (χ2n) is 12.1. The fourth-order valence-corrected chi connectivity index (χ4v) is 6.98. The van der Waals surface area contributed by atoms with Gasteiger partial charge in [-0.05, 0) is 53.8 Å². The van der Waals surface area contributed by atoms with Crippen molar-refractivity contribution in [2.75, 3.05) is 24.7 Å². The van der Waals surface area contributed by atoms with Crippen LogP contribution in [0.1, 0.15) is 36.8 Å². The van der Waals surface area contributed by atoms with Crippen LogP contribution >= 0.6 is 11.6 Å². The largest absolute Gasteiger partial charge is 0.445 e. The number of likely N-dealkylation sites (N-methyl/N-ethyl adjacent to an activating group) is 1. The number of nitrogens with zero attached hydrogens (tertiary/aromatic N) is 1. The van der Waals surface area contributed by atoms with Crippen molar-refractivity contribution in [3.05, 3.63) is 82.9 Å². The van der Waals surface area contributed by atoms with Crippen LogP contribution in [0.5, 0.6) is 0 Å². The molecule has 3 heterocycles. The van der Waals surface area contributed by atoms with Gasteiger partial charge in [-0.2, -0.15) is 0 Å². The molecule has 0 spiro atoms. The van der Waals surface area contributed by atoms with E-state index < -0.39 is 6.09 Å². The van der Waals surface area contributed by atoms with Gasteiger partial charge in [-0.3, -0.25) is 10.1 Å². The van der Waals surface area contributed by atoms with Gasteiger partial charge in [-0.25, -0.2) is 4.79 Å². The smallest absolute Gasteiger partial charge is 0.411 e. The number of piperidine rings is 1. The summed E-state index contributed by atoms with van der Waals surface area (Å²) in [6.07, 6.45) is 3.36. The lowest BCUT2D eigenvalue weighted by Crippen LogP contribution is -2.60. The Morgan fingerprint density at radius 2 is 1.64 bits per heavy atom. The maximum atomic E-state index is 13.1. The molecule has 8 nitrogen and oxygen atoms in total. The molecule has 3 aliphatic rings. The number of nitrogens with one attached hydrogen (secondary N) is 2. The van der Waals surface area contributed by atoms with Crippen LogP contribution in [-0.4, -0.2) is 66.1 Å². The zero-order valence-electron chi connectivity index (χ0n) is 23.9. The van der Waals surface area contributed by atoms with E-state index in [1.165, 1.54) is 0 Å². The van der Waals surface area contributed by atoms with Crippen LogP contribution in [0.4, 0.5) is 16.2 Å². The SMILES string of the molecule is C[N+]1(C)[C@@H]2CC(OC(=O)Nc3ccc(CCCC(=O)Nc4ccc(CO)cc4Cl)cc3-c3ccccc3)C[C@H]1[C@@H]1O[C@@H]12. The topological polar surface area (TPSA) is 100 Å². The molecular weight excluding hydrogens is 554 g/mol. The zero-order chi connectivity index (χ0) is 29.4. The van der Waals surface area contributed by atoms with Crippen LogP contribution in [0.2, 0.25) is 5.02 Å². The van der Waals surface area contributed by atoms with Crippen molar-refractivity contribution in [2.24, 2.45) is 0 Å². The standard InChI is InChI=1S/C33H36ClN3O5/c1-37(2)28-17-23(18-29(37)32-31(28)42-32)41-33(40)36-26-13-11-20(15-24(26)22-8-4-3-5-9-22)7-6-10-30(39)35-27-14-12-21(19-38)16-25(27)34/h3-5,8-9,11-16,23,28-29,31-32,38H,6-7,10,17-19H2,1-2H3,(H-,35,36,39,40)/p+1/t23?,28-,29+,31-,32+. The average molecular weight is 591 g/mol. The van der Waals surface area contributed by atoms with Gasteiger partial charge >= 0.3 is 6.09 Å². The molecule has 0 saturated carbocycles. The van der Waals surface area contributed by atoms with Gasteiger partial charge in [0.25, 0.3) is 0 Å². The number of epoxide rings is 1. The van der Waals surface area contributed by atoms with E-state index in [2.05, 4.69) is 30.8 Å². The molecule has 42 heavy (non-hydrogen) atoms. The van der Waals surface area contributed by atoms with Crippen molar-refractivity contribution in [1.29, 1.82) is 0 Å². The van der Waals surface area contributed by atoms with Gasteiger partial charge in [0.15, 0.2) is 0 Å². The van der Waals surface area contributed by atoms with E-state index in [-0.39, 0.29) is 18.6 Å². The highest BCUT2D eigenvalue weighted by atomic mass is 35.5. The number of aliphatic hydroxyl groups is 1. The molecule has 3 aromatic carbocycles. The average Bonchev–Trinajstić information content (AvgIpc) is 3.74. The molecule has 6 rings (SSSR count). The summed E-state index contributed by atoms with van der Waals surface area (Å²) in [5, 5.41) is 15.5. The summed E-state index contributed by atoms with van der Waals surface area (Å²) in [7, 11) is 4.52. The Bertz CT molecular complexity index is 1460. The summed E-state index contributed by atoms with van der Waals surface area (Å²) in [5.74, 6) is -0.125. The van der Waals surface area contributed by atoms with Crippen LogP contribution in [0, 0.1) is 0 Å². The Kier molecular flexibility index (Phi) is 7.98. The maximum absolute atomic E-state index is 13.1. The number of ether oxygens (including phenoxy) is 2. The van der Waals surface area contributed by atoms with Gasteiger partial charge < -0.3 is 24.4 Å². The first-order valence-electron chi connectivity index (χ1n) is 14.6. The first-order valence-corrected chi connectivity index (χ1v) is 14.9. The molecule has 1 unspecified atom stereocenters. The van der Waals surface area contributed by atoms with Gasteiger partial charge in [0.1, 0.15) is 30.4 Å². The van der Waals surface area contributed by atoms with Crippen molar-refractivity contribution in [3.63, 3.8) is 0 Å². The number of halogens is 1. The number of aryl methyl sites for hydroxylation is 1. The Morgan fingerprint density at radius 1 is 0.952 bits per heavy atom. The molecular formula is C33H37ClN3O5+. The molecule has 0 aliphatic carbocycles.